The van der Waals surface area contributed by atoms with Gasteiger partial charge in [0.2, 0.25) is 0 Å². The lowest BCUT2D eigenvalue weighted by Gasteiger charge is -2.31. The van der Waals surface area contributed by atoms with E-state index in [2.05, 4.69) is 9.27 Å². The number of Topliss-reactive ketones (excluding diaryl/α,β-unsaturated/α-hetero) is 1. The predicted octanol–water partition coefficient (Wildman–Crippen LogP) is 5.30. The number of benzene rings is 2. The number of nitrogens with zero attached hydrogens (tertiary/aromatic N) is 2. The summed E-state index contributed by atoms with van der Waals surface area (Å²) in [4.78, 5) is 14.0. The molecule has 0 bridgehead atoms. The van der Waals surface area contributed by atoms with Gasteiger partial charge in [-0.2, -0.15) is 4.37 Å². The SMILES string of the molecule is COc1cc(C(C)=O)ccc1OCCCN1CCC(c2nsc3ccc(F)cc23)CC1. The number of carbonyl (C=O) groups is 1. The standard InChI is InChI=1S/C24H27FN2O3S/c1-16(28)18-4-6-21(22(14-18)29-2)30-13-3-10-27-11-8-17(9-12-27)24-20-15-19(25)5-7-23(20)31-26-24/h4-7,14-15,17H,3,8-13H2,1-2H3. The van der Waals surface area contributed by atoms with Crippen LogP contribution in [0, 0.1) is 5.82 Å². The van der Waals surface area contributed by atoms with Crippen molar-refractivity contribution >= 4 is 27.4 Å². The first-order chi connectivity index (χ1) is 15.0. The number of ketones is 1. The Kier molecular flexibility index (Phi) is 6.83. The van der Waals surface area contributed by atoms with Crippen molar-refractivity contribution in [3.63, 3.8) is 0 Å². The average Bonchev–Trinajstić information content (AvgIpc) is 3.20. The molecule has 2 aromatic carbocycles. The second-order valence-electron chi connectivity index (χ2n) is 7.95. The van der Waals surface area contributed by atoms with Crippen molar-refractivity contribution in [3.8, 4) is 11.5 Å². The molecule has 1 fully saturated rings. The van der Waals surface area contributed by atoms with E-state index < -0.39 is 0 Å². The Morgan fingerprint density at radius 2 is 2.00 bits per heavy atom. The van der Waals surface area contributed by atoms with Crippen LogP contribution in [0.15, 0.2) is 36.4 Å². The summed E-state index contributed by atoms with van der Waals surface area (Å²) in [7, 11) is 1.58. The van der Waals surface area contributed by atoms with Crippen molar-refractivity contribution in [2.75, 3.05) is 33.4 Å². The Morgan fingerprint density at radius 1 is 1.19 bits per heavy atom. The summed E-state index contributed by atoms with van der Waals surface area (Å²) in [6, 6.07) is 10.2. The molecular weight excluding hydrogens is 415 g/mol. The number of fused-ring (bicyclic) bond motifs is 1. The molecule has 0 saturated carbocycles. The summed E-state index contributed by atoms with van der Waals surface area (Å²) >= 11 is 1.46. The van der Waals surface area contributed by atoms with Gasteiger partial charge in [0.1, 0.15) is 5.82 Å². The van der Waals surface area contributed by atoms with Gasteiger partial charge in [0.05, 0.1) is 24.1 Å². The van der Waals surface area contributed by atoms with Crippen molar-refractivity contribution in [3.05, 3.63) is 53.5 Å². The van der Waals surface area contributed by atoms with Gasteiger partial charge in [-0.1, -0.05) is 0 Å². The minimum absolute atomic E-state index is 0.00374. The lowest BCUT2D eigenvalue weighted by Crippen LogP contribution is -2.34. The van der Waals surface area contributed by atoms with Gasteiger partial charge in [-0.05, 0) is 87.2 Å². The van der Waals surface area contributed by atoms with Crippen molar-refractivity contribution in [2.24, 2.45) is 0 Å². The highest BCUT2D eigenvalue weighted by molar-refractivity contribution is 7.13. The van der Waals surface area contributed by atoms with Gasteiger partial charge in [-0.25, -0.2) is 4.39 Å². The number of carbonyl (C=O) groups excluding carboxylic acids is 1. The molecule has 3 aromatic rings. The van der Waals surface area contributed by atoms with E-state index in [1.54, 1.807) is 31.4 Å². The Labute approximate surface area is 185 Å². The molecule has 0 amide bonds. The number of likely N-dealkylation sites (tertiary alicyclic amines) is 1. The molecule has 1 aliphatic heterocycles. The Morgan fingerprint density at radius 3 is 2.74 bits per heavy atom. The second kappa shape index (κ2) is 9.75. The van der Waals surface area contributed by atoms with Gasteiger partial charge in [-0.15, -0.1) is 0 Å². The maximum Gasteiger partial charge on any atom is 0.161 e. The highest BCUT2D eigenvalue weighted by Gasteiger charge is 2.24. The zero-order valence-corrected chi connectivity index (χ0v) is 18.7. The minimum atomic E-state index is -0.195. The Bertz CT molecular complexity index is 1060. The fourth-order valence-electron chi connectivity index (χ4n) is 4.13. The van der Waals surface area contributed by atoms with E-state index in [9.17, 15) is 9.18 Å². The first-order valence-electron chi connectivity index (χ1n) is 10.6. The topological polar surface area (TPSA) is 51.7 Å². The van der Waals surface area contributed by atoms with Crippen LogP contribution >= 0.6 is 11.5 Å². The fourth-order valence-corrected chi connectivity index (χ4v) is 4.96. The summed E-state index contributed by atoms with van der Waals surface area (Å²) < 4.78 is 30.6. The predicted molar refractivity (Wildman–Crippen MR) is 121 cm³/mol. The number of hydrogen-bond acceptors (Lipinski definition) is 6. The summed E-state index contributed by atoms with van der Waals surface area (Å²) in [5.41, 5.74) is 1.67. The number of aromatic nitrogens is 1. The molecular formula is C24H27FN2O3S. The van der Waals surface area contributed by atoms with Crippen LogP contribution in [0.2, 0.25) is 0 Å². The first kappa shape index (κ1) is 21.7. The number of piperidine rings is 1. The molecule has 0 atom stereocenters. The zero-order valence-electron chi connectivity index (χ0n) is 17.9. The quantitative estimate of drug-likeness (QED) is 0.350. The van der Waals surface area contributed by atoms with Gasteiger partial charge < -0.3 is 14.4 Å². The molecule has 0 unspecified atom stereocenters. The van der Waals surface area contributed by atoms with E-state index in [0.29, 0.717) is 29.6 Å². The summed E-state index contributed by atoms with van der Waals surface area (Å²) in [6.45, 7) is 5.11. The molecule has 164 valence electrons. The molecule has 0 spiro atoms. The third kappa shape index (κ3) is 5.05. The largest absolute Gasteiger partial charge is 0.493 e. The Hall–Kier alpha value is -2.51. The van der Waals surface area contributed by atoms with Crippen LogP contribution in [0.3, 0.4) is 0 Å². The van der Waals surface area contributed by atoms with Crippen LogP contribution in [0.5, 0.6) is 11.5 Å². The minimum Gasteiger partial charge on any atom is -0.493 e. The van der Waals surface area contributed by atoms with E-state index in [4.69, 9.17) is 9.47 Å². The van der Waals surface area contributed by atoms with Gasteiger partial charge in [0.25, 0.3) is 0 Å². The maximum absolute atomic E-state index is 13.7. The molecule has 1 aromatic heterocycles. The zero-order chi connectivity index (χ0) is 21.8. The van der Waals surface area contributed by atoms with Gasteiger partial charge >= 0.3 is 0 Å². The summed E-state index contributed by atoms with van der Waals surface area (Å²) in [6.07, 6.45) is 2.99. The lowest BCUT2D eigenvalue weighted by atomic mass is 9.91. The monoisotopic (exact) mass is 442 g/mol. The van der Waals surface area contributed by atoms with Crippen LogP contribution in [-0.2, 0) is 0 Å². The van der Waals surface area contributed by atoms with Crippen LogP contribution in [0.1, 0.15) is 48.2 Å². The maximum atomic E-state index is 13.7. The highest BCUT2D eigenvalue weighted by Crippen LogP contribution is 2.35. The van der Waals surface area contributed by atoms with Crippen molar-refractivity contribution < 1.29 is 18.7 Å². The van der Waals surface area contributed by atoms with Gasteiger partial charge in [0, 0.05) is 23.4 Å². The van der Waals surface area contributed by atoms with Crippen molar-refractivity contribution in [2.45, 2.75) is 32.1 Å². The van der Waals surface area contributed by atoms with E-state index >= 15 is 0 Å². The van der Waals surface area contributed by atoms with Gasteiger partial charge in [0.15, 0.2) is 17.3 Å². The molecule has 2 heterocycles. The molecule has 1 saturated heterocycles. The third-order valence-corrected chi connectivity index (χ3v) is 6.72. The molecule has 4 rings (SSSR count). The van der Waals surface area contributed by atoms with Crippen LogP contribution in [0.25, 0.3) is 10.1 Å². The molecule has 0 N–H and O–H groups in total. The fraction of sp³-hybridized carbons (Fsp3) is 0.417. The molecule has 5 nitrogen and oxygen atoms in total. The number of methoxy groups -OCH3 is 1. The third-order valence-electron chi connectivity index (χ3n) is 5.88. The smallest absolute Gasteiger partial charge is 0.161 e. The number of halogens is 1. The molecule has 0 radical (unpaired) electrons. The molecule has 31 heavy (non-hydrogen) atoms. The average molecular weight is 443 g/mol. The highest BCUT2D eigenvalue weighted by atomic mass is 32.1. The molecule has 7 heteroatoms. The van der Waals surface area contributed by atoms with E-state index in [1.165, 1.54) is 24.5 Å². The summed E-state index contributed by atoms with van der Waals surface area (Å²) in [5, 5.41) is 0.974. The van der Waals surface area contributed by atoms with Crippen LogP contribution in [-0.4, -0.2) is 48.4 Å². The summed E-state index contributed by atoms with van der Waals surface area (Å²) in [5.74, 6) is 1.45. The van der Waals surface area contributed by atoms with Crippen molar-refractivity contribution in [1.29, 1.82) is 0 Å². The van der Waals surface area contributed by atoms with Gasteiger partial charge in [-0.3, -0.25) is 4.79 Å². The number of ether oxygens (including phenoxy) is 2. The van der Waals surface area contributed by atoms with E-state index in [0.717, 1.165) is 54.7 Å². The first-order valence-corrected chi connectivity index (χ1v) is 11.4. The molecule has 0 aliphatic carbocycles. The normalized spacial score (nSPS) is 15.3. The van der Waals surface area contributed by atoms with E-state index in [1.807, 2.05) is 6.07 Å². The number of rotatable bonds is 8. The second-order valence-corrected chi connectivity index (χ2v) is 8.75. The van der Waals surface area contributed by atoms with Crippen LogP contribution < -0.4 is 9.47 Å². The van der Waals surface area contributed by atoms with Crippen molar-refractivity contribution in [1.82, 2.24) is 9.27 Å². The number of hydrogen-bond donors (Lipinski definition) is 0. The van der Waals surface area contributed by atoms with Crippen LogP contribution in [0.4, 0.5) is 4.39 Å². The van der Waals surface area contributed by atoms with E-state index in [-0.39, 0.29) is 11.6 Å². The Balaban J connectivity index is 1.25. The molecule has 1 aliphatic rings. The lowest BCUT2D eigenvalue weighted by molar-refractivity contribution is 0.101.